The van der Waals surface area contributed by atoms with Gasteiger partial charge in [-0.3, -0.25) is 24.0 Å². The molecule has 0 unspecified atom stereocenters. The molecule has 3 aromatic carbocycles. The van der Waals surface area contributed by atoms with E-state index in [2.05, 4.69) is 10.6 Å². The lowest BCUT2D eigenvalue weighted by molar-refractivity contribution is -0.140. The molecular formula is C36H43FN6O6. The number of ether oxygens (including phenoxy) is 1. The molecule has 2 N–H and O–H groups in total. The van der Waals surface area contributed by atoms with Crippen molar-refractivity contribution in [2.75, 3.05) is 61.0 Å². The van der Waals surface area contributed by atoms with Crippen LogP contribution >= 0.6 is 0 Å². The van der Waals surface area contributed by atoms with Crippen molar-refractivity contribution in [1.29, 1.82) is 0 Å². The first-order chi connectivity index (χ1) is 23.4. The van der Waals surface area contributed by atoms with Gasteiger partial charge in [0.05, 0.1) is 18.2 Å². The Morgan fingerprint density at radius 2 is 1.73 bits per heavy atom. The standard InChI is InChI=1S/C36H43FN6O6/c1-40(2)16-15-38-35(47)30-12-14-32(44)41(3)21-33(45)43-20-27(39-34(46)25-10-9-23-7-5-6-8-24(23)17-25)19-28(43)22-49-31-13-11-26(37)18-29(31)36(48)42(30)4/h5-11,13,17-18,27-28,30H,12,14-16,19-22H2,1-4H3,(H,38,47)(H,39,46)/t27-,28-,30-/m0/s1. The second-order valence-corrected chi connectivity index (χ2v) is 12.9. The molecule has 1 saturated heterocycles. The average molecular weight is 675 g/mol. The first-order valence-corrected chi connectivity index (χ1v) is 16.4. The van der Waals surface area contributed by atoms with Crippen molar-refractivity contribution >= 4 is 40.3 Å². The molecule has 2 heterocycles. The zero-order valence-corrected chi connectivity index (χ0v) is 28.3. The van der Waals surface area contributed by atoms with Gasteiger partial charge in [0.1, 0.15) is 24.2 Å². The average Bonchev–Trinajstić information content (AvgIpc) is 3.48. The van der Waals surface area contributed by atoms with Crippen LogP contribution in [0.5, 0.6) is 5.75 Å². The van der Waals surface area contributed by atoms with Crippen LogP contribution < -0.4 is 15.4 Å². The van der Waals surface area contributed by atoms with Crippen molar-refractivity contribution in [3.63, 3.8) is 0 Å². The number of benzene rings is 3. The minimum Gasteiger partial charge on any atom is -0.491 e. The third-order valence-corrected chi connectivity index (χ3v) is 9.06. The summed E-state index contributed by atoms with van der Waals surface area (Å²) in [6.07, 6.45) is 0.212. The predicted molar refractivity (Wildman–Crippen MR) is 182 cm³/mol. The highest BCUT2D eigenvalue weighted by molar-refractivity contribution is 6.00. The Balaban J connectivity index is 1.38. The third-order valence-electron chi connectivity index (χ3n) is 9.06. The van der Waals surface area contributed by atoms with Crippen LogP contribution in [0.3, 0.4) is 0 Å². The Morgan fingerprint density at radius 1 is 0.980 bits per heavy atom. The number of carbonyl (C=O) groups is 5. The molecule has 0 spiro atoms. The fraction of sp³-hybridized carbons (Fsp3) is 0.417. The SMILES string of the molecule is CN(C)CCNC(=O)[C@@H]1CCC(=O)N(C)CC(=O)N2C[C@@H](NC(=O)c3ccc4ccccc4c3)C[C@H]2COc2ccc(F)cc2C(=O)N1C. The Hall–Kier alpha value is -5.04. The van der Waals surface area contributed by atoms with Gasteiger partial charge in [0, 0.05) is 51.8 Å². The fourth-order valence-electron chi connectivity index (χ4n) is 6.25. The molecule has 49 heavy (non-hydrogen) atoms. The smallest absolute Gasteiger partial charge is 0.258 e. The highest BCUT2D eigenvalue weighted by Crippen LogP contribution is 2.27. The summed E-state index contributed by atoms with van der Waals surface area (Å²) in [6.45, 7) is 0.781. The summed E-state index contributed by atoms with van der Waals surface area (Å²) in [5.74, 6) is -2.69. The lowest BCUT2D eigenvalue weighted by atomic mass is 10.1. The zero-order valence-electron chi connectivity index (χ0n) is 28.3. The first-order valence-electron chi connectivity index (χ1n) is 16.4. The van der Waals surface area contributed by atoms with Crippen LogP contribution in [0.4, 0.5) is 4.39 Å². The molecule has 260 valence electrons. The van der Waals surface area contributed by atoms with E-state index in [0.717, 1.165) is 16.8 Å². The summed E-state index contributed by atoms with van der Waals surface area (Å²) < 4.78 is 20.6. The van der Waals surface area contributed by atoms with E-state index in [1.165, 1.54) is 36.0 Å². The van der Waals surface area contributed by atoms with Gasteiger partial charge < -0.3 is 35.0 Å². The van der Waals surface area contributed by atoms with Crippen molar-refractivity contribution < 1.29 is 33.1 Å². The quantitative estimate of drug-likeness (QED) is 0.410. The Labute approximate surface area is 285 Å². The molecule has 1 fully saturated rings. The maximum absolute atomic E-state index is 14.5. The number of fused-ring (bicyclic) bond motifs is 3. The first kappa shape index (κ1) is 35.3. The summed E-state index contributed by atoms with van der Waals surface area (Å²) in [5, 5.41) is 7.79. The van der Waals surface area contributed by atoms with Crippen molar-refractivity contribution in [2.45, 2.75) is 37.4 Å². The summed E-state index contributed by atoms with van der Waals surface area (Å²) in [6, 6.07) is 14.8. The fourth-order valence-corrected chi connectivity index (χ4v) is 6.25. The molecule has 0 saturated carbocycles. The summed E-state index contributed by atoms with van der Waals surface area (Å²) in [4.78, 5) is 73.3. The van der Waals surface area contributed by atoms with E-state index in [1.807, 2.05) is 55.4 Å². The molecule has 0 aromatic heterocycles. The highest BCUT2D eigenvalue weighted by Gasteiger charge is 2.38. The van der Waals surface area contributed by atoms with Crippen LogP contribution in [0.1, 0.15) is 40.0 Å². The van der Waals surface area contributed by atoms with Gasteiger partial charge in [-0.15, -0.1) is 0 Å². The Morgan fingerprint density at radius 3 is 2.49 bits per heavy atom. The molecule has 12 nitrogen and oxygen atoms in total. The minimum atomic E-state index is -1.04. The normalized spacial score (nSPS) is 20.7. The zero-order chi connectivity index (χ0) is 35.2. The van der Waals surface area contributed by atoms with E-state index in [4.69, 9.17) is 4.74 Å². The number of halogens is 1. The van der Waals surface area contributed by atoms with Gasteiger partial charge >= 0.3 is 0 Å². The molecule has 0 aliphatic carbocycles. The number of likely N-dealkylation sites (N-methyl/N-ethyl adjacent to an activating group) is 3. The van der Waals surface area contributed by atoms with Crippen molar-refractivity contribution in [2.24, 2.45) is 0 Å². The largest absolute Gasteiger partial charge is 0.491 e. The van der Waals surface area contributed by atoms with Gasteiger partial charge in [-0.1, -0.05) is 30.3 Å². The third kappa shape index (κ3) is 8.52. The number of hydrogen-bond donors (Lipinski definition) is 2. The molecule has 3 atom stereocenters. The Bertz CT molecular complexity index is 1730. The molecule has 2 aliphatic rings. The molecule has 3 aromatic rings. The molecule has 0 bridgehead atoms. The number of amides is 5. The maximum Gasteiger partial charge on any atom is 0.258 e. The summed E-state index contributed by atoms with van der Waals surface area (Å²) >= 11 is 0. The van der Waals surface area contributed by atoms with Crippen molar-refractivity contribution in [1.82, 2.24) is 30.2 Å². The summed E-state index contributed by atoms with van der Waals surface area (Å²) in [7, 11) is 6.67. The van der Waals surface area contributed by atoms with Crippen LogP contribution in [-0.4, -0.2) is 128 Å². The van der Waals surface area contributed by atoms with Gasteiger partial charge in [0.25, 0.3) is 11.8 Å². The number of nitrogens with zero attached hydrogens (tertiary/aromatic N) is 4. The van der Waals surface area contributed by atoms with Crippen LogP contribution in [0.25, 0.3) is 10.8 Å². The molecule has 5 amide bonds. The lowest BCUT2D eigenvalue weighted by Crippen LogP contribution is -2.49. The van der Waals surface area contributed by atoms with E-state index in [9.17, 15) is 28.4 Å². The van der Waals surface area contributed by atoms with Gasteiger partial charge in [-0.05, 0) is 68.0 Å². The van der Waals surface area contributed by atoms with Crippen LogP contribution in [0.15, 0.2) is 60.7 Å². The van der Waals surface area contributed by atoms with E-state index in [-0.39, 0.29) is 61.6 Å². The van der Waals surface area contributed by atoms with Crippen molar-refractivity contribution in [3.05, 3.63) is 77.6 Å². The van der Waals surface area contributed by atoms with Crippen LogP contribution in [-0.2, 0) is 14.4 Å². The predicted octanol–water partition coefficient (Wildman–Crippen LogP) is 2.13. The number of nitrogens with one attached hydrogen (secondary N) is 2. The van der Waals surface area contributed by atoms with E-state index in [0.29, 0.717) is 25.1 Å². The number of hydrogen-bond acceptors (Lipinski definition) is 7. The van der Waals surface area contributed by atoms with Gasteiger partial charge in [-0.2, -0.15) is 0 Å². The molecule has 2 aliphatic heterocycles. The molecule has 5 rings (SSSR count). The molecule has 13 heteroatoms. The Kier molecular flexibility index (Phi) is 11.1. The topological polar surface area (TPSA) is 132 Å². The molecular weight excluding hydrogens is 631 g/mol. The van der Waals surface area contributed by atoms with E-state index < -0.39 is 35.8 Å². The van der Waals surface area contributed by atoms with Gasteiger partial charge in [0.15, 0.2) is 0 Å². The van der Waals surface area contributed by atoms with Crippen LogP contribution in [0, 0.1) is 5.82 Å². The maximum atomic E-state index is 14.5. The second kappa shape index (κ2) is 15.5. The van der Waals surface area contributed by atoms with Gasteiger partial charge in [-0.25, -0.2) is 4.39 Å². The minimum absolute atomic E-state index is 0.0197. The molecule has 0 radical (unpaired) electrons. The highest BCUT2D eigenvalue weighted by atomic mass is 19.1. The van der Waals surface area contributed by atoms with Crippen LogP contribution in [0.2, 0.25) is 0 Å². The van der Waals surface area contributed by atoms with E-state index >= 15 is 0 Å². The van der Waals surface area contributed by atoms with Crippen molar-refractivity contribution in [3.8, 4) is 5.75 Å². The number of carbonyl (C=O) groups excluding carboxylic acids is 5. The monoisotopic (exact) mass is 674 g/mol. The summed E-state index contributed by atoms with van der Waals surface area (Å²) in [5.41, 5.74) is 0.392. The lowest BCUT2D eigenvalue weighted by Gasteiger charge is -2.28. The second-order valence-electron chi connectivity index (χ2n) is 12.9. The number of rotatable bonds is 6. The van der Waals surface area contributed by atoms with Gasteiger partial charge in [0.2, 0.25) is 17.7 Å². The van der Waals surface area contributed by atoms with E-state index in [1.54, 1.807) is 11.0 Å².